The van der Waals surface area contributed by atoms with Crippen molar-refractivity contribution in [2.45, 2.75) is 32.2 Å². The van der Waals surface area contributed by atoms with Crippen LogP contribution in [0.5, 0.6) is 5.75 Å². The summed E-state index contributed by atoms with van der Waals surface area (Å²) >= 11 is 0. The van der Waals surface area contributed by atoms with Crippen LogP contribution in [-0.2, 0) is 22.5 Å². The van der Waals surface area contributed by atoms with Crippen molar-refractivity contribution in [3.05, 3.63) is 73.6 Å². The molecule has 1 aliphatic rings. The zero-order chi connectivity index (χ0) is 20.0. The van der Waals surface area contributed by atoms with Crippen molar-refractivity contribution in [2.75, 3.05) is 7.11 Å². The van der Waals surface area contributed by atoms with Crippen molar-refractivity contribution < 1.29 is 19.1 Å². The molecule has 0 aliphatic carbocycles. The molecule has 3 aromatic rings. The van der Waals surface area contributed by atoms with Crippen LogP contribution in [-0.4, -0.2) is 22.8 Å². The molecule has 1 atom stereocenters. The van der Waals surface area contributed by atoms with E-state index in [1.54, 1.807) is 10.6 Å². The Hall–Kier alpha value is -3.35. The van der Waals surface area contributed by atoms with Gasteiger partial charge in [-0.1, -0.05) is 18.2 Å². The molecule has 0 spiro atoms. The minimum Gasteiger partial charge on any atom is -0.507 e. The van der Waals surface area contributed by atoms with Gasteiger partial charge in [0.15, 0.2) is 0 Å². The van der Waals surface area contributed by atoms with E-state index in [2.05, 4.69) is 0 Å². The molecule has 0 fully saturated rings. The van der Waals surface area contributed by atoms with Crippen molar-refractivity contribution in [3.8, 4) is 5.75 Å². The lowest BCUT2D eigenvalue weighted by Crippen LogP contribution is -2.28. The average molecular weight is 381 g/mol. The van der Waals surface area contributed by atoms with Gasteiger partial charge in [0.25, 0.3) is 5.56 Å². The molecule has 7 nitrogen and oxygen atoms in total. The SMILES string of the molecule is COC(=O)CC(c1c(O)cc(C)oc1=O)c1cc2cccc3c2n(c1=O)CC3. The Morgan fingerprint density at radius 3 is 2.82 bits per heavy atom. The number of aryl methyl sites for hydroxylation is 3. The number of benzene rings is 1. The first kappa shape index (κ1) is 18.0. The fourth-order valence-corrected chi connectivity index (χ4v) is 3.98. The number of aromatic nitrogens is 1. The number of methoxy groups -OCH3 is 1. The number of ether oxygens (including phenoxy) is 1. The van der Waals surface area contributed by atoms with E-state index in [1.807, 2.05) is 18.2 Å². The van der Waals surface area contributed by atoms with Gasteiger partial charge in [-0.15, -0.1) is 0 Å². The summed E-state index contributed by atoms with van der Waals surface area (Å²) in [7, 11) is 1.23. The van der Waals surface area contributed by atoms with E-state index in [0.29, 0.717) is 6.54 Å². The maximum atomic E-state index is 13.2. The van der Waals surface area contributed by atoms with Crippen LogP contribution in [0.3, 0.4) is 0 Å². The smallest absolute Gasteiger partial charge is 0.343 e. The maximum absolute atomic E-state index is 13.2. The Labute approximate surface area is 159 Å². The summed E-state index contributed by atoms with van der Waals surface area (Å²) in [6.07, 6.45) is 0.480. The molecular formula is C21H19NO6. The van der Waals surface area contributed by atoms with Gasteiger partial charge in [0.2, 0.25) is 0 Å². The van der Waals surface area contributed by atoms with Gasteiger partial charge in [-0.25, -0.2) is 4.79 Å². The summed E-state index contributed by atoms with van der Waals surface area (Å²) in [4.78, 5) is 37.8. The molecular weight excluding hydrogens is 362 g/mol. The monoisotopic (exact) mass is 381 g/mol. The highest BCUT2D eigenvalue weighted by molar-refractivity contribution is 5.84. The molecule has 144 valence electrons. The second-order valence-electron chi connectivity index (χ2n) is 6.94. The molecule has 0 amide bonds. The molecule has 2 aromatic heterocycles. The van der Waals surface area contributed by atoms with Crippen molar-refractivity contribution >= 4 is 16.9 Å². The highest BCUT2D eigenvalue weighted by Gasteiger charge is 2.30. The van der Waals surface area contributed by atoms with Gasteiger partial charge in [-0.05, 0) is 30.4 Å². The van der Waals surface area contributed by atoms with Gasteiger partial charge >= 0.3 is 11.6 Å². The van der Waals surface area contributed by atoms with E-state index in [0.717, 1.165) is 22.9 Å². The van der Waals surface area contributed by atoms with E-state index in [9.17, 15) is 19.5 Å². The summed E-state index contributed by atoms with van der Waals surface area (Å²) in [6.45, 7) is 2.06. The number of para-hydroxylation sites is 1. The van der Waals surface area contributed by atoms with Gasteiger partial charge in [0, 0.05) is 24.1 Å². The largest absolute Gasteiger partial charge is 0.507 e. The van der Waals surface area contributed by atoms with Crippen LogP contribution in [0.1, 0.15) is 34.8 Å². The molecule has 0 bridgehead atoms. The molecule has 4 rings (SSSR count). The van der Waals surface area contributed by atoms with Crippen LogP contribution in [0.4, 0.5) is 0 Å². The Morgan fingerprint density at radius 1 is 1.32 bits per heavy atom. The Balaban J connectivity index is 2.00. The first-order chi connectivity index (χ1) is 13.4. The first-order valence-corrected chi connectivity index (χ1v) is 8.96. The summed E-state index contributed by atoms with van der Waals surface area (Å²) in [5, 5.41) is 11.3. The number of pyridine rings is 1. The third kappa shape index (κ3) is 2.79. The molecule has 0 saturated heterocycles. The second-order valence-corrected chi connectivity index (χ2v) is 6.94. The summed E-state index contributed by atoms with van der Waals surface area (Å²) in [6, 6.07) is 8.77. The van der Waals surface area contributed by atoms with Gasteiger partial charge in [-0.2, -0.15) is 0 Å². The number of aromatic hydroxyl groups is 1. The van der Waals surface area contributed by atoms with Crippen LogP contribution < -0.4 is 11.2 Å². The van der Waals surface area contributed by atoms with Crippen molar-refractivity contribution in [1.82, 2.24) is 4.57 Å². The molecule has 0 saturated carbocycles. The van der Waals surface area contributed by atoms with Crippen LogP contribution in [0.15, 0.2) is 44.3 Å². The first-order valence-electron chi connectivity index (χ1n) is 8.96. The standard InChI is InChI=1S/C21H19NO6/c1-11-8-16(23)18(21(26)28-11)14(10-17(24)27-2)15-9-13-5-3-4-12-6-7-22(19(12)13)20(15)25/h3-5,8-9,14,23H,6-7,10H2,1-2H3. The fourth-order valence-electron chi connectivity index (χ4n) is 3.98. The van der Waals surface area contributed by atoms with E-state index in [1.165, 1.54) is 20.1 Å². The fraction of sp³-hybridized carbons (Fsp3) is 0.286. The third-order valence-electron chi connectivity index (χ3n) is 5.24. The zero-order valence-electron chi connectivity index (χ0n) is 15.5. The van der Waals surface area contributed by atoms with Gasteiger partial charge in [0.05, 0.1) is 24.6 Å². The molecule has 1 unspecified atom stereocenters. The summed E-state index contributed by atoms with van der Waals surface area (Å²) < 4.78 is 11.5. The number of rotatable bonds is 4. The predicted octanol–water partition coefficient (Wildman–Crippen LogP) is 2.22. The topological polar surface area (TPSA) is 98.7 Å². The normalized spacial score (nSPS) is 13.6. The third-order valence-corrected chi connectivity index (χ3v) is 5.24. The minimum absolute atomic E-state index is 0.116. The summed E-state index contributed by atoms with van der Waals surface area (Å²) in [5.74, 6) is -1.65. The number of carbonyl (C=O) groups is 1. The molecule has 7 heteroatoms. The van der Waals surface area contributed by atoms with Crippen LogP contribution in [0.2, 0.25) is 0 Å². The van der Waals surface area contributed by atoms with Crippen molar-refractivity contribution in [2.24, 2.45) is 0 Å². The Morgan fingerprint density at radius 2 is 2.11 bits per heavy atom. The van der Waals surface area contributed by atoms with Crippen molar-refractivity contribution in [1.29, 1.82) is 0 Å². The number of hydrogen-bond donors (Lipinski definition) is 1. The summed E-state index contributed by atoms with van der Waals surface area (Å²) in [5.41, 5.74) is 1.03. The molecule has 28 heavy (non-hydrogen) atoms. The van der Waals surface area contributed by atoms with E-state index in [-0.39, 0.29) is 34.6 Å². The van der Waals surface area contributed by atoms with Gasteiger partial charge in [-0.3, -0.25) is 9.59 Å². The van der Waals surface area contributed by atoms with Gasteiger partial charge in [0.1, 0.15) is 11.5 Å². The van der Waals surface area contributed by atoms with Crippen LogP contribution >= 0.6 is 0 Å². The number of hydrogen-bond acceptors (Lipinski definition) is 6. The highest BCUT2D eigenvalue weighted by Crippen LogP contribution is 2.33. The van der Waals surface area contributed by atoms with E-state index < -0.39 is 17.5 Å². The average Bonchev–Trinajstić information content (AvgIpc) is 3.08. The maximum Gasteiger partial charge on any atom is 0.343 e. The highest BCUT2D eigenvalue weighted by atomic mass is 16.5. The lowest BCUT2D eigenvalue weighted by molar-refractivity contribution is -0.140. The number of nitrogens with zero attached hydrogens (tertiary/aromatic N) is 1. The molecule has 0 radical (unpaired) electrons. The lowest BCUT2D eigenvalue weighted by atomic mass is 9.88. The molecule has 1 N–H and O–H groups in total. The van der Waals surface area contributed by atoms with Crippen LogP contribution in [0.25, 0.3) is 10.9 Å². The van der Waals surface area contributed by atoms with Crippen LogP contribution in [0, 0.1) is 6.92 Å². The molecule has 3 heterocycles. The quantitative estimate of drug-likeness (QED) is 0.696. The zero-order valence-corrected chi connectivity index (χ0v) is 15.5. The lowest BCUT2D eigenvalue weighted by Gasteiger charge is -2.18. The number of esters is 1. The molecule has 1 aliphatic heterocycles. The molecule has 1 aromatic carbocycles. The second kappa shape index (κ2) is 6.67. The van der Waals surface area contributed by atoms with Crippen molar-refractivity contribution in [3.63, 3.8) is 0 Å². The van der Waals surface area contributed by atoms with E-state index in [4.69, 9.17) is 9.15 Å². The Bertz CT molecular complexity index is 1220. The van der Waals surface area contributed by atoms with E-state index >= 15 is 0 Å². The Kier molecular flexibility index (Phi) is 4.30. The number of carbonyl (C=O) groups excluding carboxylic acids is 1. The minimum atomic E-state index is -0.978. The van der Waals surface area contributed by atoms with Gasteiger partial charge < -0.3 is 18.8 Å². The predicted molar refractivity (Wildman–Crippen MR) is 102 cm³/mol.